The summed E-state index contributed by atoms with van der Waals surface area (Å²) in [4.78, 5) is 37.5. The number of amides is 2. The predicted molar refractivity (Wildman–Crippen MR) is 95.3 cm³/mol. The number of carbonyl (C=O) groups excluding carboxylic acids is 3. The molecule has 0 aromatic heterocycles. The molecule has 1 saturated heterocycles. The molecule has 1 fully saturated rings. The first-order chi connectivity index (χ1) is 12.1. The second-order valence-electron chi connectivity index (χ2n) is 6.24. The lowest BCUT2D eigenvalue weighted by Crippen LogP contribution is -2.37. The monoisotopic (exact) mass is 346 g/mol. The summed E-state index contributed by atoms with van der Waals surface area (Å²) in [5.41, 5.74) is 1.05. The van der Waals surface area contributed by atoms with E-state index in [9.17, 15) is 14.4 Å². The molecule has 1 heterocycles. The lowest BCUT2D eigenvalue weighted by atomic mass is 10.2. The third kappa shape index (κ3) is 6.21. The van der Waals surface area contributed by atoms with E-state index in [0.717, 1.165) is 32.1 Å². The summed E-state index contributed by atoms with van der Waals surface area (Å²) in [5, 5.41) is 2.76. The Hall–Kier alpha value is -2.37. The van der Waals surface area contributed by atoms with Crippen LogP contribution >= 0.6 is 0 Å². The first kappa shape index (κ1) is 19.0. The summed E-state index contributed by atoms with van der Waals surface area (Å²) in [5.74, 6) is -0.548. The maximum atomic E-state index is 12.1. The van der Waals surface area contributed by atoms with Crippen molar-refractivity contribution in [3.63, 3.8) is 0 Å². The van der Waals surface area contributed by atoms with Crippen molar-refractivity contribution in [2.45, 2.75) is 45.4 Å². The van der Waals surface area contributed by atoms with Gasteiger partial charge in [-0.2, -0.15) is 0 Å². The molecule has 6 nitrogen and oxygen atoms in total. The zero-order valence-electron chi connectivity index (χ0n) is 14.8. The lowest BCUT2D eigenvalue weighted by molar-refractivity contribution is -0.134. The predicted octanol–water partition coefficient (Wildman–Crippen LogP) is 2.98. The molecule has 2 amide bonds. The van der Waals surface area contributed by atoms with Crippen LogP contribution in [0, 0.1) is 0 Å². The van der Waals surface area contributed by atoms with E-state index in [1.54, 1.807) is 29.2 Å². The van der Waals surface area contributed by atoms with E-state index in [2.05, 4.69) is 5.32 Å². The van der Waals surface area contributed by atoms with Crippen LogP contribution in [0.1, 0.15) is 55.8 Å². The Morgan fingerprint density at radius 2 is 1.92 bits per heavy atom. The molecule has 0 spiro atoms. The third-order valence-corrected chi connectivity index (χ3v) is 4.14. The fraction of sp³-hybridized carbons (Fsp3) is 0.526. The largest absolute Gasteiger partial charge is 0.462 e. The summed E-state index contributed by atoms with van der Waals surface area (Å²) < 4.78 is 5.14. The molecule has 0 saturated carbocycles. The van der Waals surface area contributed by atoms with Crippen molar-refractivity contribution < 1.29 is 19.1 Å². The first-order valence-electron chi connectivity index (χ1n) is 8.95. The highest BCUT2D eigenvalue weighted by Gasteiger charge is 2.19. The van der Waals surface area contributed by atoms with Crippen LogP contribution in [0.4, 0.5) is 5.69 Å². The molecule has 0 radical (unpaired) electrons. The highest BCUT2D eigenvalue weighted by Crippen LogP contribution is 2.13. The number of hydrogen-bond acceptors (Lipinski definition) is 4. The molecule has 1 aliphatic rings. The lowest BCUT2D eigenvalue weighted by Gasteiger charge is -2.19. The second-order valence-corrected chi connectivity index (χ2v) is 6.24. The number of anilines is 1. The molecule has 0 atom stereocenters. The van der Waals surface area contributed by atoms with Crippen molar-refractivity contribution in [1.29, 1.82) is 0 Å². The number of carbonyl (C=O) groups is 3. The van der Waals surface area contributed by atoms with E-state index < -0.39 is 0 Å². The maximum absolute atomic E-state index is 12.1. The van der Waals surface area contributed by atoms with Gasteiger partial charge < -0.3 is 15.0 Å². The van der Waals surface area contributed by atoms with Crippen LogP contribution in [-0.4, -0.2) is 42.4 Å². The van der Waals surface area contributed by atoms with Gasteiger partial charge in [-0.05, 0) is 43.5 Å². The fourth-order valence-electron chi connectivity index (χ4n) is 2.66. The van der Waals surface area contributed by atoms with Crippen molar-refractivity contribution >= 4 is 23.5 Å². The van der Waals surface area contributed by atoms with Gasteiger partial charge in [-0.3, -0.25) is 9.59 Å². The average Bonchev–Trinajstić information content (AvgIpc) is 2.80. The number of ether oxygens (including phenoxy) is 1. The van der Waals surface area contributed by atoms with Gasteiger partial charge in [-0.25, -0.2) is 4.79 Å². The summed E-state index contributed by atoms with van der Waals surface area (Å²) in [6.45, 7) is 3.15. The molecule has 0 unspecified atom stereocenters. The van der Waals surface area contributed by atoms with Gasteiger partial charge in [0.1, 0.15) is 0 Å². The number of unbranched alkanes of at least 4 members (excludes halogenated alkanes) is 1. The van der Waals surface area contributed by atoms with Gasteiger partial charge in [0.2, 0.25) is 11.8 Å². The fourth-order valence-corrected chi connectivity index (χ4v) is 2.66. The van der Waals surface area contributed by atoms with Gasteiger partial charge in [-0.1, -0.05) is 19.8 Å². The smallest absolute Gasteiger partial charge is 0.338 e. The average molecular weight is 346 g/mol. The van der Waals surface area contributed by atoms with E-state index in [1.165, 1.54) is 0 Å². The van der Waals surface area contributed by atoms with E-state index >= 15 is 0 Å². The second kappa shape index (κ2) is 9.81. The van der Waals surface area contributed by atoms with Gasteiger partial charge in [-0.15, -0.1) is 0 Å². The molecule has 2 rings (SSSR count). The van der Waals surface area contributed by atoms with Crippen LogP contribution < -0.4 is 5.32 Å². The Morgan fingerprint density at radius 1 is 1.16 bits per heavy atom. The molecule has 1 aromatic carbocycles. The Bertz CT molecular complexity index is 598. The van der Waals surface area contributed by atoms with Crippen LogP contribution in [0.15, 0.2) is 24.3 Å². The molecule has 25 heavy (non-hydrogen) atoms. The van der Waals surface area contributed by atoms with E-state index in [0.29, 0.717) is 30.8 Å². The number of rotatable bonds is 7. The van der Waals surface area contributed by atoms with Gasteiger partial charge in [0.25, 0.3) is 0 Å². The number of likely N-dealkylation sites (tertiary alicyclic amines) is 1. The minimum absolute atomic E-state index is 0.0397. The zero-order chi connectivity index (χ0) is 18.1. The molecule has 1 aromatic rings. The van der Waals surface area contributed by atoms with E-state index in [-0.39, 0.29) is 24.3 Å². The van der Waals surface area contributed by atoms with Crippen LogP contribution in [0.25, 0.3) is 0 Å². The summed E-state index contributed by atoms with van der Waals surface area (Å²) in [6.07, 6.45) is 5.19. The summed E-state index contributed by atoms with van der Waals surface area (Å²) in [7, 11) is 0. The topological polar surface area (TPSA) is 75.7 Å². The molecule has 0 aliphatic carbocycles. The first-order valence-corrected chi connectivity index (χ1v) is 8.95. The molecule has 6 heteroatoms. The zero-order valence-corrected chi connectivity index (χ0v) is 14.8. The number of nitrogens with one attached hydrogen (secondary N) is 1. The Balaban J connectivity index is 1.84. The van der Waals surface area contributed by atoms with E-state index in [4.69, 9.17) is 4.74 Å². The number of nitrogens with zero attached hydrogens (tertiary/aromatic N) is 1. The van der Waals surface area contributed by atoms with Crippen LogP contribution in [0.5, 0.6) is 0 Å². The Morgan fingerprint density at radius 3 is 2.64 bits per heavy atom. The van der Waals surface area contributed by atoms with Crippen molar-refractivity contribution in [1.82, 2.24) is 4.90 Å². The molecule has 136 valence electrons. The van der Waals surface area contributed by atoms with Crippen LogP contribution in [-0.2, 0) is 14.3 Å². The van der Waals surface area contributed by atoms with Crippen molar-refractivity contribution in [3.05, 3.63) is 29.8 Å². The molecule has 1 N–H and O–H groups in total. The highest BCUT2D eigenvalue weighted by atomic mass is 16.5. The molecule has 0 bridgehead atoms. The normalized spacial score (nSPS) is 14.8. The van der Waals surface area contributed by atoms with Gasteiger partial charge in [0, 0.05) is 18.7 Å². The molecule has 1 aliphatic heterocycles. The Labute approximate surface area is 148 Å². The molecular weight excluding hydrogens is 320 g/mol. The highest BCUT2D eigenvalue weighted by molar-refractivity contribution is 5.95. The van der Waals surface area contributed by atoms with Crippen molar-refractivity contribution in [3.8, 4) is 0 Å². The summed E-state index contributed by atoms with van der Waals surface area (Å²) in [6, 6.07) is 6.58. The van der Waals surface area contributed by atoms with Gasteiger partial charge >= 0.3 is 5.97 Å². The Kier molecular flexibility index (Phi) is 7.44. The van der Waals surface area contributed by atoms with Crippen LogP contribution in [0.3, 0.4) is 0 Å². The minimum Gasteiger partial charge on any atom is -0.462 e. The molecular formula is C19H26N2O4. The SMILES string of the molecule is CCCCOC(=O)c1ccc(NC(=O)CN2CCCCCC2=O)cc1. The maximum Gasteiger partial charge on any atom is 0.338 e. The number of esters is 1. The third-order valence-electron chi connectivity index (χ3n) is 4.14. The minimum atomic E-state index is -0.360. The van der Waals surface area contributed by atoms with Crippen molar-refractivity contribution in [2.75, 3.05) is 25.0 Å². The quantitative estimate of drug-likeness (QED) is 0.608. The van der Waals surface area contributed by atoms with Crippen LogP contribution in [0.2, 0.25) is 0 Å². The van der Waals surface area contributed by atoms with Gasteiger partial charge in [0.05, 0.1) is 18.7 Å². The van der Waals surface area contributed by atoms with Crippen molar-refractivity contribution in [2.24, 2.45) is 0 Å². The number of hydrogen-bond donors (Lipinski definition) is 1. The summed E-state index contributed by atoms with van der Waals surface area (Å²) >= 11 is 0. The standard InChI is InChI=1S/C19H26N2O4/c1-2-3-13-25-19(24)15-8-10-16(11-9-15)20-17(22)14-21-12-6-4-5-7-18(21)23/h8-11H,2-7,12-14H2,1H3,(H,20,22). The van der Waals surface area contributed by atoms with Gasteiger partial charge in [0.15, 0.2) is 0 Å². The van der Waals surface area contributed by atoms with E-state index in [1.807, 2.05) is 6.92 Å². The number of benzene rings is 1.